The number of pyridine rings is 2. The Morgan fingerprint density at radius 3 is 2.70 bits per heavy atom. The van der Waals surface area contributed by atoms with Crippen LogP contribution in [0.25, 0.3) is 11.4 Å². The summed E-state index contributed by atoms with van der Waals surface area (Å²) >= 11 is 0. The molecule has 0 amide bonds. The second kappa shape index (κ2) is 5.31. The summed E-state index contributed by atoms with van der Waals surface area (Å²) in [5, 5.41) is 14.5. The Labute approximate surface area is 115 Å². The molecule has 0 saturated carbocycles. The van der Waals surface area contributed by atoms with Gasteiger partial charge in [-0.25, -0.2) is 15.0 Å². The van der Waals surface area contributed by atoms with Crippen LogP contribution in [0.3, 0.4) is 0 Å². The Bertz CT molecular complexity index is 718. The summed E-state index contributed by atoms with van der Waals surface area (Å²) in [5.41, 5.74) is 1.37. The topological polar surface area (TPSA) is 77.6 Å². The lowest BCUT2D eigenvalue weighted by Gasteiger charge is -2.07. The molecule has 0 aliphatic heterocycles. The average molecular weight is 265 g/mol. The molecule has 0 fully saturated rings. The SMILES string of the molecule is [O-][n+]1ccccc1Nc1cncc(-c2ccccn2)n1. The van der Waals surface area contributed by atoms with Crippen molar-refractivity contribution in [1.29, 1.82) is 0 Å². The van der Waals surface area contributed by atoms with Crippen molar-refractivity contribution in [1.82, 2.24) is 15.0 Å². The molecule has 6 heteroatoms. The zero-order chi connectivity index (χ0) is 13.8. The Morgan fingerprint density at radius 2 is 1.90 bits per heavy atom. The van der Waals surface area contributed by atoms with Crippen molar-refractivity contribution in [2.75, 3.05) is 5.32 Å². The van der Waals surface area contributed by atoms with Gasteiger partial charge in [-0.1, -0.05) is 12.1 Å². The number of hydrogen-bond acceptors (Lipinski definition) is 5. The lowest BCUT2D eigenvalue weighted by molar-refractivity contribution is -0.590. The lowest BCUT2D eigenvalue weighted by atomic mass is 10.3. The molecule has 0 aliphatic carbocycles. The van der Waals surface area contributed by atoms with Crippen LogP contribution in [-0.2, 0) is 0 Å². The number of rotatable bonds is 3. The maximum Gasteiger partial charge on any atom is 0.283 e. The van der Waals surface area contributed by atoms with E-state index in [-0.39, 0.29) is 0 Å². The first-order valence-corrected chi connectivity index (χ1v) is 6.01. The van der Waals surface area contributed by atoms with Crippen molar-refractivity contribution in [3.05, 3.63) is 66.4 Å². The number of nitrogens with one attached hydrogen (secondary N) is 1. The van der Waals surface area contributed by atoms with Gasteiger partial charge in [0.05, 0.1) is 24.3 Å². The minimum atomic E-state index is 0.389. The summed E-state index contributed by atoms with van der Waals surface area (Å²) in [4.78, 5) is 12.7. The van der Waals surface area contributed by atoms with Crippen molar-refractivity contribution in [2.24, 2.45) is 0 Å². The van der Waals surface area contributed by atoms with Gasteiger partial charge < -0.3 is 5.21 Å². The zero-order valence-electron chi connectivity index (χ0n) is 10.5. The Balaban J connectivity index is 1.91. The van der Waals surface area contributed by atoms with Crippen LogP contribution in [0.1, 0.15) is 0 Å². The molecule has 3 heterocycles. The highest BCUT2D eigenvalue weighted by Gasteiger charge is 2.08. The van der Waals surface area contributed by atoms with Crippen molar-refractivity contribution in [2.45, 2.75) is 0 Å². The average Bonchev–Trinajstić information content (AvgIpc) is 2.51. The van der Waals surface area contributed by atoms with Crippen molar-refractivity contribution in [3.8, 4) is 11.4 Å². The highest BCUT2D eigenvalue weighted by Crippen LogP contribution is 2.16. The zero-order valence-corrected chi connectivity index (χ0v) is 10.5. The molecule has 98 valence electrons. The van der Waals surface area contributed by atoms with Crippen LogP contribution in [0.15, 0.2) is 61.2 Å². The largest absolute Gasteiger partial charge is 0.711 e. The first-order chi connectivity index (χ1) is 9.83. The lowest BCUT2D eigenvalue weighted by Crippen LogP contribution is -2.28. The molecule has 0 saturated heterocycles. The monoisotopic (exact) mass is 265 g/mol. The molecule has 0 atom stereocenters. The highest BCUT2D eigenvalue weighted by molar-refractivity contribution is 5.57. The van der Waals surface area contributed by atoms with Crippen LogP contribution >= 0.6 is 0 Å². The molecule has 0 radical (unpaired) electrons. The Kier molecular flexibility index (Phi) is 3.20. The summed E-state index contributed by atoms with van der Waals surface area (Å²) < 4.78 is 0.731. The minimum Gasteiger partial charge on any atom is -0.711 e. The summed E-state index contributed by atoms with van der Waals surface area (Å²) in [7, 11) is 0. The molecule has 0 bridgehead atoms. The van der Waals surface area contributed by atoms with Crippen molar-refractivity contribution in [3.63, 3.8) is 0 Å². The molecule has 0 aromatic carbocycles. The summed E-state index contributed by atoms with van der Waals surface area (Å²) in [6.45, 7) is 0. The molecular formula is C14H11N5O. The summed E-state index contributed by atoms with van der Waals surface area (Å²) in [5.74, 6) is 0.879. The van der Waals surface area contributed by atoms with E-state index in [1.807, 2.05) is 18.2 Å². The van der Waals surface area contributed by atoms with Crippen LogP contribution in [0.4, 0.5) is 11.6 Å². The Morgan fingerprint density at radius 1 is 1.00 bits per heavy atom. The molecule has 0 aliphatic rings. The molecular weight excluding hydrogens is 254 g/mol. The molecule has 3 aromatic heterocycles. The maximum absolute atomic E-state index is 11.6. The fourth-order valence-electron chi connectivity index (χ4n) is 1.72. The summed E-state index contributed by atoms with van der Waals surface area (Å²) in [6.07, 6.45) is 6.29. The van der Waals surface area contributed by atoms with E-state index in [4.69, 9.17) is 0 Å². The fourth-order valence-corrected chi connectivity index (χ4v) is 1.72. The van der Waals surface area contributed by atoms with Crippen molar-refractivity contribution < 1.29 is 4.73 Å². The second-order valence-electron chi connectivity index (χ2n) is 4.04. The van der Waals surface area contributed by atoms with Gasteiger partial charge >= 0.3 is 0 Å². The second-order valence-corrected chi connectivity index (χ2v) is 4.04. The molecule has 0 spiro atoms. The minimum absolute atomic E-state index is 0.389. The normalized spacial score (nSPS) is 10.2. The molecule has 20 heavy (non-hydrogen) atoms. The van der Waals surface area contributed by atoms with Gasteiger partial charge in [0.25, 0.3) is 5.82 Å². The molecule has 3 aromatic rings. The van der Waals surface area contributed by atoms with Gasteiger partial charge in [-0.05, 0) is 18.2 Å². The quantitative estimate of drug-likeness (QED) is 0.578. The van der Waals surface area contributed by atoms with E-state index in [1.165, 1.54) is 6.20 Å². The summed E-state index contributed by atoms with van der Waals surface area (Å²) in [6, 6.07) is 10.7. The third kappa shape index (κ3) is 2.54. The van der Waals surface area contributed by atoms with E-state index in [0.29, 0.717) is 17.3 Å². The van der Waals surface area contributed by atoms with Gasteiger partial charge in [0.1, 0.15) is 5.69 Å². The number of hydrogen-bond donors (Lipinski definition) is 1. The number of anilines is 2. The Hall–Kier alpha value is -3.02. The third-order valence-corrected chi connectivity index (χ3v) is 2.64. The molecule has 0 unspecified atom stereocenters. The smallest absolute Gasteiger partial charge is 0.283 e. The number of aromatic nitrogens is 4. The van der Waals surface area contributed by atoms with E-state index < -0.39 is 0 Å². The van der Waals surface area contributed by atoms with Gasteiger partial charge in [0.15, 0.2) is 0 Å². The maximum atomic E-state index is 11.6. The first-order valence-electron chi connectivity index (χ1n) is 6.01. The highest BCUT2D eigenvalue weighted by atomic mass is 16.5. The van der Waals surface area contributed by atoms with Crippen LogP contribution < -0.4 is 10.0 Å². The third-order valence-electron chi connectivity index (χ3n) is 2.64. The molecule has 6 nitrogen and oxygen atoms in total. The van der Waals surface area contributed by atoms with Crippen LogP contribution in [-0.4, -0.2) is 15.0 Å². The van der Waals surface area contributed by atoms with Crippen LogP contribution in [0.5, 0.6) is 0 Å². The predicted octanol–water partition coefficient (Wildman–Crippen LogP) is 1.92. The van der Waals surface area contributed by atoms with Crippen LogP contribution in [0.2, 0.25) is 0 Å². The van der Waals surface area contributed by atoms with Gasteiger partial charge in [0, 0.05) is 12.3 Å². The van der Waals surface area contributed by atoms with E-state index in [2.05, 4.69) is 20.3 Å². The van der Waals surface area contributed by atoms with Crippen LogP contribution in [0, 0.1) is 5.21 Å². The van der Waals surface area contributed by atoms with E-state index in [9.17, 15) is 5.21 Å². The van der Waals surface area contributed by atoms with E-state index in [0.717, 1.165) is 10.4 Å². The van der Waals surface area contributed by atoms with Gasteiger partial charge in [0.2, 0.25) is 5.82 Å². The molecule has 3 rings (SSSR count). The fraction of sp³-hybridized carbons (Fsp3) is 0. The number of nitrogens with zero attached hydrogens (tertiary/aromatic N) is 4. The van der Waals surface area contributed by atoms with Gasteiger partial charge in [-0.3, -0.25) is 9.97 Å². The standard InChI is InChI=1S/C14H11N5O/c20-19-8-4-2-6-14(19)18-13-10-15-9-12(17-13)11-5-1-3-7-16-11/h1-10H,(H,17,18). The van der Waals surface area contributed by atoms with Crippen molar-refractivity contribution >= 4 is 11.6 Å². The van der Waals surface area contributed by atoms with Gasteiger partial charge in [-0.2, -0.15) is 0 Å². The van der Waals surface area contributed by atoms with E-state index in [1.54, 1.807) is 36.8 Å². The predicted molar refractivity (Wildman–Crippen MR) is 73.9 cm³/mol. The first kappa shape index (κ1) is 12.0. The van der Waals surface area contributed by atoms with Gasteiger partial charge in [-0.15, -0.1) is 0 Å². The molecule has 1 N–H and O–H groups in total. The van der Waals surface area contributed by atoms with E-state index >= 15 is 0 Å².